The number of benzene rings is 1. The first-order valence-corrected chi connectivity index (χ1v) is 8.10. The molecule has 1 aromatic carbocycles. The highest BCUT2D eigenvalue weighted by Crippen LogP contribution is 2.16. The second kappa shape index (κ2) is 6.33. The Morgan fingerprint density at radius 1 is 1.33 bits per heavy atom. The number of hydrogen-bond acceptors (Lipinski definition) is 5. The molecule has 3 N–H and O–H groups in total. The first-order chi connectivity index (χ1) is 9.96. The van der Waals surface area contributed by atoms with Crippen molar-refractivity contribution in [2.24, 2.45) is 12.8 Å². The van der Waals surface area contributed by atoms with Gasteiger partial charge in [0.25, 0.3) is 0 Å². The Hall–Kier alpha value is -1.77. The lowest BCUT2D eigenvalue weighted by Crippen LogP contribution is -2.24. The highest BCUT2D eigenvalue weighted by molar-refractivity contribution is 7.89. The van der Waals surface area contributed by atoms with Gasteiger partial charge < -0.3 is 5.73 Å². The monoisotopic (exact) mass is 309 g/mol. The Labute approximate surface area is 124 Å². The lowest BCUT2D eigenvalue weighted by Gasteiger charge is -2.10. The van der Waals surface area contributed by atoms with Crippen LogP contribution in [0.5, 0.6) is 0 Å². The maximum absolute atomic E-state index is 12.3. The van der Waals surface area contributed by atoms with Crippen LogP contribution in [0.3, 0.4) is 0 Å². The number of nitrogens with two attached hydrogens (primary N) is 1. The summed E-state index contributed by atoms with van der Waals surface area (Å²) in [5.74, 6) is 0.422. The maximum atomic E-state index is 12.3. The number of hydrogen-bond donors (Lipinski definition) is 2. The molecule has 0 unspecified atom stereocenters. The molecule has 0 saturated heterocycles. The molecule has 7 nitrogen and oxygen atoms in total. The zero-order valence-corrected chi connectivity index (χ0v) is 12.9. The lowest BCUT2D eigenvalue weighted by atomic mass is 10.1. The Kier molecular flexibility index (Phi) is 4.71. The van der Waals surface area contributed by atoms with Gasteiger partial charge in [-0.3, -0.25) is 4.68 Å². The Bertz CT molecular complexity index is 724. The summed E-state index contributed by atoms with van der Waals surface area (Å²) in [6, 6.07) is 5.01. The molecule has 2 rings (SSSR count). The minimum absolute atomic E-state index is 0.0522. The molecule has 0 amide bonds. The molecule has 0 radical (unpaired) electrons. The summed E-state index contributed by atoms with van der Waals surface area (Å²) in [5.41, 5.74) is 7.57. The van der Waals surface area contributed by atoms with Gasteiger partial charge in [0.05, 0.1) is 11.4 Å². The molecular weight excluding hydrogens is 290 g/mol. The van der Waals surface area contributed by atoms with E-state index in [1.54, 1.807) is 25.2 Å². The largest absolute Gasteiger partial charge is 0.326 e. The van der Waals surface area contributed by atoms with Gasteiger partial charge in [-0.15, -0.1) is 0 Å². The molecule has 2 aromatic rings. The number of aryl methyl sites for hydroxylation is 2. The van der Waals surface area contributed by atoms with Crippen LogP contribution in [0, 0.1) is 0 Å². The van der Waals surface area contributed by atoms with Crippen molar-refractivity contribution in [3.63, 3.8) is 0 Å². The first kappa shape index (κ1) is 15.6. The van der Waals surface area contributed by atoms with E-state index in [0.717, 1.165) is 17.5 Å². The van der Waals surface area contributed by atoms with Gasteiger partial charge in [0.15, 0.2) is 5.82 Å². The molecule has 21 heavy (non-hydrogen) atoms. The van der Waals surface area contributed by atoms with E-state index < -0.39 is 10.0 Å². The summed E-state index contributed by atoms with van der Waals surface area (Å²) in [5, 5.41) is 4.03. The van der Waals surface area contributed by atoms with Crippen molar-refractivity contribution in [3.05, 3.63) is 41.5 Å². The molecule has 0 saturated carbocycles. The average molecular weight is 309 g/mol. The molecule has 0 aliphatic rings. The van der Waals surface area contributed by atoms with Crippen molar-refractivity contribution in [2.75, 3.05) is 0 Å². The third-order valence-electron chi connectivity index (χ3n) is 3.16. The van der Waals surface area contributed by atoms with Crippen molar-refractivity contribution in [2.45, 2.75) is 31.3 Å². The van der Waals surface area contributed by atoms with Crippen molar-refractivity contribution in [1.29, 1.82) is 0 Å². The van der Waals surface area contributed by atoms with Crippen molar-refractivity contribution < 1.29 is 8.42 Å². The minimum Gasteiger partial charge on any atom is -0.326 e. The summed E-state index contributed by atoms with van der Waals surface area (Å²) in [4.78, 5) is 4.18. The highest BCUT2D eigenvalue weighted by atomic mass is 32.2. The van der Waals surface area contributed by atoms with E-state index in [9.17, 15) is 8.42 Å². The zero-order chi connectivity index (χ0) is 15.5. The third kappa shape index (κ3) is 3.66. The summed E-state index contributed by atoms with van der Waals surface area (Å²) in [7, 11) is -1.88. The van der Waals surface area contributed by atoms with E-state index in [1.807, 2.05) is 6.92 Å². The third-order valence-corrected chi connectivity index (χ3v) is 4.56. The minimum atomic E-state index is -3.60. The van der Waals surface area contributed by atoms with Crippen LogP contribution in [0.4, 0.5) is 0 Å². The number of rotatable bonds is 6. The summed E-state index contributed by atoms with van der Waals surface area (Å²) in [6.07, 6.45) is 2.34. The predicted molar refractivity (Wildman–Crippen MR) is 78.7 cm³/mol. The van der Waals surface area contributed by atoms with Crippen molar-refractivity contribution in [1.82, 2.24) is 19.5 Å². The quantitative estimate of drug-likeness (QED) is 0.799. The standard InChI is InChI=1S/C13H19N5O2S/c1-3-10-4-5-12(6-11(10)7-14)21(19,20)16-8-13-15-9-18(2)17-13/h4-6,9,16H,3,7-8,14H2,1-2H3. The average Bonchev–Trinajstić information content (AvgIpc) is 2.90. The number of sulfonamides is 1. The Morgan fingerprint density at radius 3 is 2.67 bits per heavy atom. The topological polar surface area (TPSA) is 103 Å². The van der Waals surface area contributed by atoms with Crippen LogP contribution in [-0.2, 0) is 36.6 Å². The van der Waals surface area contributed by atoms with E-state index in [4.69, 9.17) is 5.73 Å². The van der Waals surface area contributed by atoms with E-state index in [2.05, 4.69) is 14.8 Å². The molecule has 8 heteroatoms. The van der Waals surface area contributed by atoms with Crippen LogP contribution in [0.15, 0.2) is 29.4 Å². The number of nitrogens with one attached hydrogen (secondary N) is 1. The first-order valence-electron chi connectivity index (χ1n) is 6.62. The Morgan fingerprint density at radius 2 is 2.10 bits per heavy atom. The molecular formula is C13H19N5O2S. The highest BCUT2D eigenvalue weighted by Gasteiger charge is 2.16. The van der Waals surface area contributed by atoms with Crippen LogP contribution in [0.25, 0.3) is 0 Å². The van der Waals surface area contributed by atoms with E-state index in [0.29, 0.717) is 12.4 Å². The van der Waals surface area contributed by atoms with Crippen LogP contribution in [0.2, 0.25) is 0 Å². The predicted octanol–water partition coefficient (Wildman–Crippen LogP) is 0.315. The van der Waals surface area contributed by atoms with Gasteiger partial charge in [0, 0.05) is 13.6 Å². The van der Waals surface area contributed by atoms with E-state index in [1.165, 1.54) is 11.0 Å². The van der Waals surface area contributed by atoms with Crippen molar-refractivity contribution >= 4 is 10.0 Å². The molecule has 0 atom stereocenters. The van der Waals surface area contributed by atoms with Gasteiger partial charge in [-0.1, -0.05) is 13.0 Å². The van der Waals surface area contributed by atoms with E-state index in [-0.39, 0.29) is 11.4 Å². The molecule has 1 heterocycles. The second-order valence-electron chi connectivity index (χ2n) is 4.65. The molecule has 114 valence electrons. The molecule has 0 fully saturated rings. The fourth-order valence-corrected chi connectivity index (χ4v) is 3.04. The maximum Gasteiger partial charge on any atom is 0.240 e. The summed E-state index contributed by atoms with van der Waals surface area (Å²) >= 11 is 0. The molecule has 0 aliphatic carbocycles. The lowest BCUT2D eigenvalue weighted by molar-refractivity contribution is 0.578. The van der Waals surface area contributed by atoms with Gasteiger partial charge in [-0.25, -0.2) is 18.1 Å². The number of aromatic nitrogens is 3. The second-order valence-corrected chi connectivity index (χ2v) is 6.41. The molecule has 0 bridgehead atoms. The van der Waals surface area contributed by atoms with Gasteiger partial charge >= 0.3 is 0 Å². The molecule has 0 aliphatic heterocycles. The fraction of sp³-hybridized carbons (Fsp3) is 0.385. The van der Waals surface area contributed by atoms with Crippen LogP contribution < -0.4 is 10.5 Å². The SMILES string of the molecule is CCc1ccc(S(=O)(=O)NCc2ncn(C)n2)cc1CN. The zero-order valence-electron chi connectivity index (χ0n) is 12.1. The number of nitrogens with zero attached hydrogens (tertiary/aromatic N) is 3. The smallest absolute Gasteiger partial charge is 0.240 e. The van der Waals surface area contributed by atoms with E-state index >= 15 is 0 Å². The summed E-state index contributed by atoms with van der Waals surface area (Å²) in [6.45, 7) is 2.37. The van der Waals surface area contributed by atoms with Gasteiger partial charge in [0.2, 0.25) is 10.0 Å². The normalized spacial score (nSPS) is 11.8. The van der Waals surface area contributed by atoms with Crippen LogP contribution in [0.1, 0.15) is 23.9 Å². The van der Waals surface area contributed by atoms with Crippen LogP contribution in [-0.4, -0.2) is 23.2 Å². The van der Waals surface area contributed by atoms with Crippen LogP contribution >= 0.6 is 0 Å². The van der Waals surface area contributed by atoms with Gasteiger partial charge in [-0.05, 0) is 29.7 Å². The summed E-state index contributed by atoms with van der Waals surface area (Å²) < 4.78 is 28.5. The van der Waals surface area contributed by atoms with Crippen molar-refractivity contribution in [3.8, 4) is 0 Å². The van der Waals surface area contributed by atoms with Gasteiger partial charge in [-0.2, -0.15) is 5.10 Å². The molecule has 0 spiro atoms. The fourth-order valence-electron chi connectivity index (χ4n) is 2.01. The molecule has 1 aromatic heterocycles. The van der Waals surface area contributed by atoms with Gasteiger partial charge in [0.1, 0.15) is 6.33 Å². The Balaban J connectivity index is 2.19.